The van der Waals surface area contributed by atoms with Crippen LogP contribution in [0.2, 0.25) is 0 Å². The summed E-state index contributed by atoms with van der Waals surface area (Å²) in [6.07, 6.45) is 0.592. The lowest BCUT2D eigenvalue weighted by molar-refractivity contribution is -0.135. The highest BCUT2D eigenvalue weighted by atomic mass is 16.2. The highest BCUT2D eigenvalue weighted by Crippen LogP contribution is 2.31. The van der Waals surface area contributed by atoms with Gasteiger partial charge in [0.1, 0.15) is 12.1 Å². The lowest BCUT2D eigenvalue weighted by Crippen LogP contribution is -2.44. The minimum absolute atomic E-state index is 0.0263. The van der Waals surface area contributed by atoms with Crippen molar-refractivity contribution in [1.82, 2.24) is 15.5 Å². The molecular weight excluding hydrogens is 450 g/mol. The third-order valence-corrected chi connectivity index (χ3v) is 6.72. The van der Waals surface area contributed by atoms with Gasteiger partial charge in [0, 0.05) is 0 Å². The van der Waals surface area contributed by atoms with Crippen LogP contribution in [0.25, 0.3) is 0 Å². The standard InChI is InChI=1S/C30H33N3O3/c1-29(2,3)23-15-17-24(18-16-23)30(4)27(35)33(28(36)32-30)20-26(34)31-25(22-13-9-6-10-14-22)19-21-11-7-5-8-12-21/h5-18,25H,19-20H2,1-4H3,(H,31,34)(H,32,36). The maximum atomic E-state index is 13.4. The van der Waals surface area contributed by atoms with E-state index in [0.29, 0.717) is 12.0 Å². The molecule has 4 rings (SSSR count). The zero-order valence-corrected chi connectivity index (χ0v) is 21.2. The Balaban J connectivity index is 1.49. The first-order valence-corrected chi connectivity index (χ1v) is 12.2. The van der Waals surface area contributed by atoms with Crippen molar-refractivity contribution in [2.24, 2.45) is 0 Å². The Morgan fingerprint density at radius 1 is 0.917 bits per heavy atom. The Morgan fingerprint density at radius 3 is 2.08 bits per heavy atom. The Hall–Kier alpha value is -3.93. The van der Waals surface area contributed by atoms with Gasteiger partial charge in [-0.05, 0) is 41.0 Å². The second kappa shape index (κ2) is 9.97. The summed E-state index contributed by atoms with van der Waals surface area (Å²) in [6, 6.07) is 26.4. The first kappa shape index (κ1) is 25.2. The fourth-order valence-corrected chi connectivity index (χ4v) is 4.51. The van der Waals surface area contributed by atoms with Gasteiger partial charge in [0.15, 0.2) is 0 Å². The summed E-state index contributed by atoms with van der Waals surface area (Å²) in [4.78, 5) is 40.2. The van der Waals surface area contributed by atoms with Crippen molar-refractivity contribution < 1.29 is 14.4 Å². The second-order valence-corrected chi connectivity index (χ2v) is 10.5. The van der Waals surface area contributed by atoms with E-state index in [4.69, 9.17) is 0 Å². The molecule has 4 amide bonds. The highest BCUT2D eigenvalue weighted by Gasteiger charge is 2.49. The van der Waals surface area contributed by atoms with E-state index in [1.165, 1.54) is 0 Å². The first-order chi connectivity index (χ1) is 17.1. The zero-order chi connectivity index (χ0) is 25.9. The molecule has 0 radical (unpaired) electrons. The normalized spacial score (nSPS) is 18.6. The number of amides is 4. The molecule has 0 spiro atoms. The molecule has 0 aliphatic carbocycles. The van der Waals surface area contributed by atoms with E-state index < -0.39 is 23.4 Å². The maximum Gasteiger partial charge on any atom is 0.325 e. The fourth-order valence-electron chi connectivity index (χ4n) is 4.51. The van der Waals surface area contributed by atoms with Gasteiger partial charge < -0.3 is 10.6 Å². The van der Waals surface area contributed by atoms with Crippen LogP contribution in [0.5, 0.6) is 0 Å². The van der Waals surface area contributed by atoms with Crippen LogP contribution in [0, 0.1) is 0 Å². The highest BCUT2D eigenvalue weighted by molar-refractivity contribution is 6.09. The van der Waals surface area contributed by atoms with E-state index in [0.717, 1.165) is 21.6 Å². The second-order valence-electron chi connectivity index (χ2n) is 10.5. The average molecular weight is 484 g/mol. The van der Waals surface area contributed by atoms with E-state index >= 15 is 0 Å². The molecule has 2 atom stereocenters. The van der Waals surface area contributed by atoms with Gasteiger partial charge in [-0.2, -0.15) is 0 Å². The molecule has 2 N–H and O–H groups in total. The SMILES string of the molecule is CC(C)(C)c1ccc(C2(C)NC(=O)N(CC(=O)NC(Cc3ccccc3)c3ccccc3)C2=O)cc1. The first-order valence-electron chi connectivity index (χ1n) is 12.2. The molecule has 1 heterocycles. The number of urea groups is 1. The molecule has 1 saturated heterocycles. The number of hydrogen-bond acceptors (Lipinski definition) is 3. The molecule has 3 aromatic rings. The minimum atomic E-state index is -1.23. The molecule has 1 aliphatic rings. The van der Waals surface area contributed by atoms with Crippen molar-refractivity contribution in [3.8, 4) is 0 Å². The molecule has 3 aromatic carbocycles. The van der Waals surface area contributed by atoms with E-state index in [2.05, 4.69) is 31.4 Å². The molecule has 6 nitrogen and oxygen atoms in total. The molecule has 186 valence electrons. The Bertz CT molecular complexity index is 1230. The quantitative estimate of drug-likeness (QED) is 0.472. The van der Waals surface area contributed by atoms with Gasteiger partial charge in [0.2, 0.25) is 5.91 Å². The van der Waals surface area contributed by atoms with Gasteiger partial charge in [-0.15, -0.1) is 0 Å². The number of benzene rings is 3. The molecule has 1 aliphatic heterocycles. The Kier molecular flexibility index (Phi) is 6.97. The van der Waals surface area contributed by atoms with E-state index in [9.17, 15) is 14.4 Å². The summed E-state index contributed by atoms with van der Waals surface area (Å²) in [5.74, 6) is -0.832. The molecule has 2 unspecified atom stereocenters. The van der Waals surface area contributed by atoms with E-state index in [-0.39, 0.29) is 18.0 Å². The molecule has 36 heavy (non-hydrogen) atoms. The summed E-state index contributed by atoms with van der Waals surface area (Å²) in [5.41, 5.74) is 2.60. The van der Waals surface area contributed by atoms with Crippen LogP contribution in [-0.4, -0.2) is 29.3 Å². The Labute approximate surface area is 212 Å². The van der Waals surface area contributed by atoms with Crippen molar-refractivity contribution in [3.05, 3.63) is 107 Å². The number of carbonyl (C=O) groups is 3. The predicted octanol–water partition coefficient (Wildman–Crippen LogP) is 4.85. The molecule has 1 fully saturated rings. The van der Waals surface area contributed by atoms with Crippen molar-refractivity contribution in [2.75, 3.05) is 6.54 Å². The molecular formula is C30H33N3O3. The van der Waals surface area contributed by atoms with Gasteiger partial charge >= 0.3 is 6.03 Å². The third-order valence-electron chi connectivity index (χ3n) is 6.72. The summed E-state index contributed by atoms with van der Waals surface area (Å²) in [6.45, 7) is 7.69. The van der Waals surface area contributed by atoms with Crippen molar-refractivity contribution in [1.29, 1.82) is 0 Å². The average Bonchev–Trinajstić information content (AvgIpc) is 3.08. The van der Waals surface area contributed by atoms with Gasteiger partial charge in [-0.1, -0.05) is 106 Å². The van der Waals surface area contributed by atoms with Crippen LogP contribution < -0.4 is 10.6 Å². The van der Waals surface area contributed by atoms with Gasteiger partial charge in [-0.25, -0.2) is 4.79 Å². The molecule has 0 saturated carbocycles. The molecule has 0 bridgehead atoms. The van der Waals surface area contributed by atoms with Crippen molar-refractivity contribution in [2.45, 2.75) is 51.1 Å². The monoisotopic (exact) mass is 483 g/mol. The van der Waals surface area contributed by atoms with Crippen LogP contribution >= 0.6 is 0 Å². The Morgan fingerprint density at radius 2 is 1.50 bits per heavy atom. The molecule has 0 aromatic heterocycles. The number of rotatable bonds is 7. The summed E-state index contributed by atoms with van der Waals surface area (Å²) in [5, 5.41) is 5.82. The number of nitrogens with zero attached hydrogens (tertiary/aromatic N) is 1. The summed E-state index contributed by atoms with van der Waals surface area (Å²) < 4.78 is 0. The number of carbonyl (C=O) groups excluding carboxylic acids is 3. The third kappa shape index (κ3) is 5.33. The van der Waals surface area contributed by atoms with E-state index in [1.807, 2.05) is 84.9 Å². The van der Waals surface area contributed by atoms with Crippen LogP contribution in [0.4, 0.5) is 4.79 Å². The van der Waals surface area contributed by atoms with Crippen molar-refractivity contribution in [3.63, 3.8) is 0 Å². The smallest absolute Gasteiger partial charge is 0.325 e. The van der Waals surface area contributed by atoms with E-state index in [1.54, 1.807) is 6.92 Å². The fraction of sp³-hybridized carbons (Fsp3) is 0.300. The van der Waals surface area contributed by atoms with Gasteiger partial charge in [0.05, 0.1) is 6.04 Å². The summed E-state index contributed by atoms with van der Waals surface area (Å²) >= 11 is 0. The predicted molar refractivity (Wildman–Crippen MR) is 140 cm³/mol. The van der Waals surface area contributed by atoms with Crippen LogP contribution in [0.15, 0.2) is 84.9 Å². The number of nitrogens with one attached hydrogen (secondary N) is 2. The van der Waals surface area contributed by atoms with Crippen LogP contribution in [0.3, 0.4) is 0 Å². The lowest BCUT2D eigenvalue weighted by Gasteiger charge is -2.25. The topological polar surface area (TPSA) is 78.5 Å². The largest absolute Gasteiger partial charge is 0.347 e. The zero-order valence-electron chi connectivity index (χ0n) is 21.2. The van der Waals surface area contributed by atoms with Crippen LogP contribution in [-0.2, 0) is 27.0 Å². The number of hydrogen-bond donors (Lipinski definition) is 2. The minimum Gasteiger partial charge on any atom is -0.347 e. The van der Waals surface area contributed by atoms with Gasteiger partial charge in [0.25, 0.3) is 5.91 Å². The molecule has 6 heteroatoms. The van der Waals surface area contributed by atoms with Crippen LogP contribution in [0.1, 0.15) is 56.0 Å². The van der Waals surface area contributed by atoms with Gasteiger partial charge in [-0.3, -0.25) is 14.5 Å². The van der Waals surface area contributed by atoms with Crippen molar-refractivity contribution >= 4 is 17.8 Å². The lowest BCUT2D eigenvalue weighted by atomic mass is 9.84. The maximum absolute atomic E-state index is 13.4. The summed E-state index contributed by atoms with van der Waals surface area (Å²) in [7, 11) is 0. The number of imide groups is 1.